The van der Waals surface area contributed by atoms with Crippen molar-refractivity contribution < 1.29 is 19.4 Å². The number of nitrogens with one attached hydrogen (secondary N) is 1. The zero-order valence-corrected chi connectivity index (χ0v) is 22.8. The maximum atomic E-state index is 13.7. The second-order valence-corrected chi connectivity index (χ2v) is 13.8. The predicted molar refractivity (Wildman–Crippen MR) is 144 cm³/mol. The number of thioether (sulfide) groups is 1. The number of amides is 1. The highest BCUT2D eigenvalue weighted by Crippen LogP contribution is 2.55. The Labute approximate surface area is 224 Å². The van der Waals surface area contributed by atoms with Crippen LogP contribution in [-0.4, -0.2) is 59.1 Å². The average Bonchev–Trinajstić information content (AvgIpc) is 3.38. The Balaban J connectivity index is 1.20. The number of methoxy groups -OCH3 is 1. The molecule has 4 bridgehead atoms. The highest BCUT2D eigenvalue weighted by molar-refractivity contribution is 7.99. The summed E-state index contributed by atoms with van der Waals surface area (Å²) in [5.41, 5.74) is 0.196. The molecule has 1 aromatic rings. The molecule has 37 heavy (non-hydrogen) atoms. The standard InChI is InChI=1S/C29H41N3O4S/c1-36-25(33)13-18-5-4-10-32(17-18)24-9-8-23(28(30-24)37-22-6-2-3-7-22)27(34)31-26-20-11-19-12-21(26)16-29(35,14-19)15-20/h8-9,18-22,26,35H,2-7,10-17H2,1H3,(H,31,34)/t18-,19?,20-,21-,26?,29?/m0/s1. The van der Waals surface area contributed by atoms with Gasteiger partial charge in [0.15, 0.2) is 0 Å². The number of aliphatic hydroxyl groups is 1. The van der Waals surface area contributed by atoms with Gasteiger partial charge in [-0.15, -0.1) is 11.8 Å². The summed E-state index contributed by atoms with van der Waals surface area (Å²) in [4.78, 5) is 32.9. The van der Waals surface area contributed by atoms with Crippen molar-refractivity contribution in [2.45, 2.75) is 99.0 Å². The van der Waals surface area contributed by atoms with Gasteiger partial charge in [0.1, 0.15) is 10.8 Å². The largest absolute Gasteiger partial charge is 0.469 e. The van der Waals surface area contributed by atoms with Crippen LogP contribution in [0, 0.1) is 23.7 Å². The fraction of sp³-hybridized carbons (Fsp3) is 0.759. The number of carbonyl (C=O) groups excluding carboxylic acids is 2. The van der Waals surface area contributed by atoms with Crippen molar-refractivity contribution in [1.29, 1.82) is 0 Å². The van der Waals surface area contributed by atoms with Crippen molar-refractivity contribution in [3.63, 3.8) is 0 Å². The van der Waals surface area contributed by atoms with Gasteiger partial charge < -0.3 is 20.1 Å². The van der Waals surface area contributed by atoms with E-state index in [0.717, 1.165) is 68.9 Å². The molecule has 8 heteroatoms. The van der Waals surface area contributed by atoms with Gasteiger partial charge in [0.25, 0.3) is 5.91 Å². The van der Waals surface area contributed by atoms with E-state index in [1.807, 2.05) is 12.1 Å². The summed E-state index contributed by atoms with van der Waals surface area (Å²) in [6.45, 7) is 1.70. The van der Waals surface area contributed by atoms with Crippen molar-refractivity contribution in [1.82, 2.24) is 10.3 Å². The Bertz CT molecular complexity index is 1010. The summed E-state index contributed by atoms with van der Waals surface area (Å²) in [5.74, 6) is 2.41. The Morgan fingerprint density at radius 2 is 1.89 bits per heavy atom. The van der Waals surface area contributed by atoms with Crippen LogP contribution in [0.2, 0.25) is 0 Å². The second kappa shape index (κ2) is 10.4. The van der Waals surface area contributed by atoms with Gasteiger partial charge in [-0.1, -0.05) is 12.8 Å². The van der Waals surface area contributed by atoms with E-state index < -0.39 is 5.60 Å². The minimum absolute atomic E-state index is 0.00813. The van der Waals surface area contributed by atoms with Crippen molar-refractivity contribution >= 4 is 29.5 Å². The SMILES string of the molecule is COC(=O)C[C@@H]1CCCN(c2ccc(C(=O)NC3[C@H]4CC5C[C@H]3CC(O)(C5)C4)c(SC3CCCC3)n2)C1. The van der Waals surface area contributed by atoms with Crippen molar-refractivity contribution in [3.8, 4) is 0 Å². The van der Waals surface area contributed by atoms with E-state index in [2.05, 4.69) is 10.2 Å². The first-order valence-electron chi connectivity index (χ1n) is 14.4. The van der Waals surface area contributed by atoms with Crippen molar-refractivity contribution in [2.24, 2.45) is 23.7 Å². The molecular formula is C29H41N3O4S. The molecule has 6 aliphatic rings. The van der Waals surface area contributed by atoms with E-state index in [4.69, 9.17) is 9.72 Å². The van der Waals surface area contributed by atoms with E-state index in [1.54, 1.807) is 11.8 Å². The van der Waals surface area contributed by atoms with Gasteiger partial charge >= 0.3 is 5.97 Å². The van der Waals surface area contributed by atoms with Gasteiger partial charge in [0, 0.05) is 30.8 Å². The highest BCUT2D eigenvalue weighted by atomic mass is 32.2. The molecule has 7 nitrogen and oxygen atoms in total. The first kappa shape index (κ1) is 25.5. The summed E-state index contributed by atoms with van der Waals surface area (Å²) < 4.78 is 4.90. The minimum atomic E-state index is -0.495. The van der Waals surface area contributed by atoms with Gasteiger partial charge in [-0.25, -0.2) is 4.98 Å². The van der Waals surface area contributed by atoms with Crippen molar-refractivity contribution in [3.05, 3.63) is 17.7 Å². The molecule has 0 aromatic carbocycles. The lowest BCUT2D eigenvalue weighted by molar-refractivity contribution is -0.141. The Hall–Kier alpha value is -1.80. The quantitative estimate of drug-likeness (QED) is 0.502. The minimum Gasteiger partial charge on any atom is -0.469 e. The van der Waals surface area contributed by atoms with E-state index in [9.17, 15) is 14.7 Å². The van der Waals surface area contributed by atoms with Crippen LogP contribution in [0.1, 0.15) is 87.4 Å². The monoisotopic (exact) mass is 527 g/mol. The number of carbonyl (C=O) groups is 2. The number of nitrogens with zero attached hydrogens (tertiary/aromatic N) is 2. The summed E-state index contributed by atoms with van der Waals surface area (Å²) in [5, 5.41) is 15.7. The van der Waals surface area contributed by atoms with Gasteiger partial charge in [-0.2, -0.15) is 0 Å². The molecule has 0 radical (unpaired) electrons. The van der Waals surface area contributed by atoms with E-state index in [0.29, 0.717) is 35.0 Å². The molecule has 0 unspecified atom stereocenters. The van der Waals surface area contributed by atoms with E-state index in [-0.39, 0.29) is 23.8 Å². The second-order valence-electron chi connectivity index (χ2n) is 12.5. The first-order chi connectivity index (χ1) is 17.9. The Morgan fingerprint density at radius 3 is 2.59 bits per heavy atom. The number of aromatic nitrogens is 1. The molecule has 0 spiro atoms. The van der Waals surface area contributed by atoms with Crippen LogP contribution >= 0.6 is 11.8 Å². The Morgan fingerprint density at radius 1 is 1.14 bits per heavy atom. The van der Waals surface area contributed by atoms with Crippen LogP contribution < -0.4 is 10.2 Å². The zero-order chi connectivity index (χ0) is 25.6. The van der Waals surface area contributed by atoms with Crippen molar-refractivity contribution in [2.75, 3.05) is 25.1 Å². The number of ether oxygens (including phenoxy) is 1. The number of rotatable bonds is 7. The number of hydrogen-bond acceptors (Lipinski definition) is 7. The maximum Gasteiger partial charge on any atom is 0.305 e. The highest BCUT2D eigenvalue weighted by Gasteiger charge is 2.55. The lowest BCUT2D eigenvalue weighted by atomic mass is 9.52. The molecule has 2 N–H and O–H groups in total. The fourth-order valence-electron chi connectivity index (χ4n) is 8.24. The number of hydrogen-bond donors (Lipinski definition) is 2. The smallest absolute Gasteiger partial charge is 0.305 e. The molecule has 1 aliphatic heterocycles. The molecule has 6 fully saturated rings. The normalized spacial score (nSPS) is 35.1. The number of pyridine rings is 1. The third-order valence-corrected chi connectivity index (χ3v) is 11.1. The third kappa shape index (κ3) is 5.38. The zero-order valence-electron chi connectivity index (χ0n) is 22.0. The number of esters is 1. The molecule has 202 valence electrons. The van der Waals surface area contributed by atoms with Crippen LogP contribution in [0.4, 0.5) is 5.82 Å². The number of anilines is 1. The molecule has 2 heterocycles. The van der Waals surface area contributed by atoms with Crippen LogP contribution in [-0.2, 0) is 9.53 Å². The molecule has 5 saturated carbocycles. The first-order valence-corrected chi connectivity index (χ1v) is 15.3. The van der Waals surface area contributed by atoms with Crippen LogP contribution in [0.15, 0.2) is 17.2 Å². The van der Waals surface area contributed by atoms with E-state index >= 15 is 0 Å². The fourth-order valence-corrected chi connectivity index (χ4v) is 9.56. The van der Waals surface area contributed by atoms with Gasteiger partial charge in [0.2, 0.25) is 0 Å². The van der Waals surface area contributed by atoms with Crippen LogP contribution in [0.5, 0.6) is 0 Å². The number of piperidine rings is 1. The lowest BCUT2D eigenvalue weighted by Gasteiger charge is -2.58. The summed E-state index contributed by atoms with van der Waals surface area (Å²) in [6.07, 6.45) is 12.2. The van der Waals surface area contributed by atoms with Crippen LogP contribution in [0.3, 0.4) is 0 Å². The third-order valence-electron chi connectivity index (χ3n) is 9.74. The topological polar surface area (TPSA) is 91.8 Å². The molecule has 3 atom stereocenters. The average molecular weight is 528 g/mol. The molecule has 1 saturated heterocycles. The lowest BCUT2D eigenvalue weighted by Crippen LogP contribution is -2.61. The summed E-state index contributed by atoms with van der Waals surface area (Å²) in [6, 6.07) is 4.13. The Kier molecular flexibility index (Phi) is 7.16. The predicted octanol–water partition coefficient (Wildman–Crippen LogP) is 4.57. The molecule has 7 rings (SSSR count). The van der Waals surface area contributed by atoms with E-state index in [1.165, 1.54) is 32.8 Å². The van der Waals surface area contributed by atoms with Gasteiger partial charge in [-0.3, -0.25) is 9.59 Å². The van der Waals surface area contributed by atoms with Gasteiger partial charge in [0.05, 0.1) is 18.3 Å². The summed E-state index contributed by atoms with van der Waals surface area (Å²) in [7, 11) is 1.45. The summed E-state index contributed by atoms with van der Waals surface area (Å²) >= 11 is 1.78. The maximum absolute atomic E-state index is 13.7. The molecular weight excluding hydrogens is 486 g/mol. The van der Waals surface area contributed by atoms with Gasteiger partial charge in [-0.05, 0) is 93.6 Å². The van der Waals surface area contributed by atoms with Crippen LogP contribution in [0.25, 0.3) is 0 Å². The molecule has 5 aliphatic carbocycles. The molecule has 1 amide bonds. The molecule has 1 aromatic heterocycles.